The number of nitrogens with zero attached hydrogens (tertiary/aromatic N) is 2. The zero-order valence-electron chi connectivity index (χ0n) is 23.2. The first-order chi connectivity index (χ1) is 19.5. The van der Waals surface area contributed by atoms with Crippen LogP contribution in [0.15, 0.2) is 83.9 Å². The van der Waals surface area contributed by atoms with Crippen LogP contribution in [0.25, 0.3) is 22.4 Å². The van der Waals surface area contributed by atoms with Gasteiger partial charge in [0, 0.05) is 17.7 Å². The lowest BCUT2D eigenvalue weighted by Crippen LogP contribution is -2.33. The highest BCUT2D eigenvalue weighted by atomic mass is 32.2. The average Bonchev–Trinajstić information content (AvgIpc) is 3.00. The summed E-state index contributed by atoms with van der Waals surface area (Å²) in [5.41, 5.74) is 6.12. The molecule has 4 rings (SSSR count). The topological polar surface area (TPSA) is 84.2 Å². The lowest BCUT2D eigenvalue weighted by Gasteiger charge is -2.18. The molecule has 0 spiro atoms. The number of hydrogen-bond donors (Lipinski definition) is 1. The van der Waals surface area contributed by atoms with Gasteiger partial charge in [0.1, 0.15) is 11.1 Å². The molecular formula is C33H33N3O3S. The number of nitriles is 1. The highest BCUT2D eigenvalue weighted by Gasteiger charge is 2.23. The molecule has 6 nitrogen and oxygen atoms in total. The fourth-order valence-corrected chi connectivity index (χ4v) is 5.42. The molecule has 0 bridgehead atoms. The lowest BCUT2D eigenvalue weighted by atomic mass is 9.98. The van der Waals surface area contributed by atoms with Crippen molar-refractivity contribution in [2.75, 3.05) is 20.8 Å². The van der Waals surface area contributed by atoms with Crippen LogP contribution >= 0.6 is 11.8 Å². The third-order valence-electron chi connectivity index (χ3n) is 6.61. The Morgan fingerprint density at radius 2 is 1.70 bits per heavy atom. The highest BCUT2D eigenvalue weighted by Crippen LogP contribution is 2.36. The number of carbonyl (C=O) groups excluding carboxylic acids is 1. The Hall–Kier alpha value is -4.28. The highest BCUT2D eigenvalue weighted by molar-refractivity contribution is 8.00. The third-order valence-corrected chi connectivity index (χ3v) is 7.96. The Balaban J connectivity index is 1.58. The summed E-state index contributed by atoms with van der Waals surface area (Å²) in [6, 6.07) is 28.1. The fourth-order valence-electron chi connectivity index (χ4n) is 4.37. The first-order valence-corrected chi connectivity index (χ1v) is 14.1. The largest absolute Gasteiger partial charge is 0.493 e. The molecule has 0 aliphatic rings. The van der Waals surface area contributed by atoms with E-state index in [0.29, 0.717) is 41.5 Å². The Morgan fingerprint density at radius 3 is 2.35 bits per heavy atom. The summed E-state index contributed by atoms with van der Waals surface area (Å²) in [6.45, 7) is 4.48. The zero-order chi connectivity index (χ0) is 28.5. The summed E-state index contributed by atoms with van der Waals surface area (Å²) in [5, 5.41) is 13.4. The summed E-state index contributed by atoms with van der Waals surface area (Å²) >= 11 is 1.34. The number of amides is 1. The van der Waals surface area contributed by atoms with Crippen molar-refractivity contribution < 1.29 is 14.3 Å². The van der Waals surface area contributed by atoms with Gasteiger partial charge in [0.15, 0.2) is 11.5 Å². The first-order valence-electron chi connectivity index (χ1n) is 13.2. The molecule has 0 fully saturated rings. The Morgan fingerprint density at radius 1 is 0.975 bits per heavy atom. The second-order valence-electron chi connectivity index (χ2n) is 9.32. The van der Waals surface area contributed by atoms with E-state index in [1.807, 2.05) is 92.7 Å². The Labute approximate surface area is 240 Å². The van der Waals surface area contributed by atoms with Crippen LogP contribution in [0.2, 0.25) is 0 Å². The van der Waals surface area contributed by atoms with Gasteiger partial charge in [0.25, 0.3) is 0 Å². The molecule has 1 amide bonds. The minimum atomic E-state index is -0.401. The number of pyridine rings is 1. The SMILES string of the molecule is CCC(Sc1nc(-c2ccccc2)cc(-c2ccc(C)cc2)c1C#N)C(=O)NCCc1ccc(OC)c(OC)c1. The van der Waals surface area contributed by atoms with Crippen LogP contribution in [0.4, 0.5) is 0 Å². The maximum Gasteiger partial charge on any atom is 0.233 e. The van der Waals surface area contributed by atoms with E-state index in [9.17, 15) is 10.1 Å². The number of carbonyl (C=O) groups is 1. The van der Waals surface area contributed by atoms with Gasteiger partial charge < -0.3 is 14.8 Å². The van der Waals surface area contributed by atoms with Crippen LogP contribution in [0.1, 0.15) is 30.0 Å². The molecule has 0 aliphatic carbocycles. The first kappa shape index (κ1) is 28.7. The van der Waals surface area contributed by atoms with Crippen LogP contribution in [0, 0.1) is 18.3 Å². The summed E-state index contributed by atoms with van der Waals surface area (Å²) in [4.78, 5) is 18.1. The van der Waals surface area contributed by atoms with Gasteiger partial charge in [-0.1, -0.05) is 84.9 Å². The molecule has 0 saturated heterocycles. The molecule has 3 aromatic carbocycles. The van der Waals surface area contributed by atoms with Gasteiger partial charge >= 0.3 is 0 Å². The van der Waals surface area contributed by atoms with Crippen LogP contribution in [0.5, 0.6) is 11.5 Å². The molecule has 0 saturated carbocycles. The van der Waals surface area contributed by atoms with Gasteiger partial charge in [-0.3, -0.25) is 4.79 Å². The van der Waals surface area contributed by atoms with Gasteiger partial charge in [0.05, 0.1) is 30.7 Å². The van der Waals surface area contributed by atoms with Crippen LogP contribution in [-0.4, -0.2) is 36.9 Å². The van der Waals surface area contributed by atoms with Crippen molar-refractivity contribution in [3.05, 3.63) is 95.6 Å². The number of aromatic nitrogens is 1. The predicted octanol–water partition coefficient (Wildman–Crippen LogP) is 6.84. The van der Waals surface area contributed by atoms with Crippen LogP contribution in [-0.2, 0) is 11.2 Å². The molecule has 7 heteroatoms. The van der Waals surface area contributed by atoms with Crippen molar-refractivity contribution in [2.24, 2.45) is 0 Å². The number of thioether (sulfide) groups is 1. The second-order valence-corrected chi connectivity index (χ2v) is 10.5. The van der Waals surface area contributed by atoms with Crippen LogP contribution < -0.4 is 14.8 Å². The number of rotatable bonds is 11. The molecule has 1 atom stereocenters. The van der Waals surface area contributed by atoms with E-state index < -0.39 is 5.25 Å². The molecule has 1 aromatic heterocycles. The monoisotopic (exact) mass is 551 g/mol. The summed E-state index contributed by atoms with van der Waals surface area (Å²) in [7, 11) is 3.21. The minimum Gasteiger partial charge on any atom is -0.493 e. The van der Waals surface area contributed by atoms with Gasteiger partial charge in [-0.05, 0) is 49.1 Å². The van der Waals surface area contributed by atoms with Gasteiger partial charge in [-0.15, -0.1) is 0 Å². The molecule has 4 aromatic rings. The van der Waals surface area contributed by atoms with E-state index in [4.69, 9.17) is 14.5 Å². The van der Waals surface area contributed by atoms with E-state index in [1.54, 1.807) is 14.2 Å². The van der Waals surface area contributed by atoms with Crippen molar-refractivity contribution in [1.29, 1.82) is 5.26 Å². The molecule has 40 heavy (non-hydrogen) atoms. The van der Waals surface area contributed by atoms with Gasteiger partial charge in [-0.2, -0.15) is 5.26 Å². The van der Waals surface area contributed by atoms with Crippen molar-refractivity contribution in [3.8, 4) is 40.0 Å². The third kappa shape index (κ3) is 6.83. The number of nitrogens with one attached hydrogen (secondary N) is 1. The summed E-state index contributed by atoms with van der Waals surface area (Å²) < 4.78 is 10.7. The van der Waals surface area contributed by atoms with Crippen molar-refractivity contribution >= 4 is 17.7 Å². The van der Waals surface area contributed by atoms with E-state index in [2.05, 4.69) is 11.4 Å². The molecule has 1 N–H and O–H groups in total. The minimum absolute atomic E-state index is 0.0827. The summed E-state index contributed by atoms with van der Waals surface area (Å²) in [6.07, 6.45) is 1.24. The number of benzene rings is 3. The van der Waals surface area contributed by atoms with E-state index in [-0.39, 0.29) is 5.91 Å². The van der Waals surface area contributed by atoms with Crippen LogP contribution in [0.3, 0.4) is 0 Å². The van der Waals surface area contributed by atoms with Gasteiger partial charge in [0.2, 0.25) is 5.91 Å². The Kier molecular flexibility index (Phi) is 9.82. The quantitative estimate of drug-likeness (QED) is 0.205. The lowest BCUT2D eigenvalue weighted by molar-refractivity contribution is -0.120. The van der Waals surface area contributed by atoms with E-state index in [1.165, 1.54) is 11.8 Å². The van der Waals surface area contributed by atoms with E-state index >= 15 is 0 Å². The Bertz CT molecular complexity index is 1500. The second kappa shape index (κ2) is 13.7. The average molecular weight is 552 g/mol. The standard InChI is InChI=1S/C33H33N3O3S/c1-5-31(32(37)35-18-17-23-13-16-29(38-3)30(19-23)39-4)40-33-27(21-34)26(24-14-11-22(2)12-15-24)20-28(36-33)25-9-7-6-8-10-25/h6-16,19-20,31H,5,17-18H2,1-4H3,(H,35,37). The number of hydrogen-bond acceptors (Lipinski definition) is 6. The van der Waals surface area contributed by atoms with Gasteiger partial charge in [-0.25, -0.2) is 4.98 Å². The molecule has 1 heterocycles. The normalized spacial score (nSPS) is 11.4. The maximum atomic E-state index is 13.3. The summed E-state index contributed by atoms with van der Waals surface area (Å²) in [5.74, 6) is 1.24. The zero-order valence-corrected chi connectivity index (χ0v) is 24.0. The van der Waals surface area contributed by atoms with E-state index in [0.717, 1.165) is 33.5 Å². The molecule has 204 valence electrons. The number of ether oxygens (including phenoxy) is 2. The smallest absolute Gasteiger partial charge is 0.233 e. The molecule has 1 unspecified atom stereocenters. The van der Waals surface area contributed by atoms with Crippen molar-refractivity contribution in [1.82, 2.24) is 10.3 Å². The maximum absolute atomic E-state index is 13.3. The predicted molar refractivity (Wildman–Crippen MR) is 161 cm³/mol. The fraction of sp³-hybridized carbons (Fsp3) is 0.242. The molecular weight excluding hydrogens is 518 g/mol. The molecule has 0 radical (unpaired) electrons. The van der Waals surface area contributed by atoms with Crippen molar-refractivity contribution in [2.45, 2.75) is 37.0 Å². The van der Waals surface area contributed by atoms with Crippen molar-refractivity contribution in [3.63, 3.8) is 0 Å². The number of methoxy groups -OCH3 is 2. The number of aryl methyl sites for hydroxylation is 1. The molecule has 0 aliphatic heterocycles.